The highest BCUT2D eigenvalue weighted by atomic mass is 16.2. The molecule has 90 valence electrons. The lowest BCUT2D eigenvalue weighted by molar-refractivity contribution is -0.136. The number of piperazine rings is 1. The summed E-state index contributed by atoms with van der Waals surface area (Å²) >= 11 is 0. The first-order chi connectivity index (χ1) is 8.02. The van der Waals surface area contributed by atoms with Gasteiger partial charge in [-0.05, 0) is 6.92 Å². The summed E-state index contributed by atoms with van der Waals surface area (Å²) in [6, 6.07) is 1.66. The molecule has 1 aromatic rings. The molecule has 1 aromatic heterocycles. The van der Waals surface area contributed by atoms with Crippen LogP contribution in [0, 0.1) is 6.92 Å². The topological polar surface area (TPSA) is 101 Å². The molecule has 0 unspecified atom stereocenters. The maximum absolute atomic E-state index is 11.2. The van der Waals surface area contributed by atoms with Crippen molar-refractivity contribution in [1.82, 2.24) is 20.2 Å². The van der Waals surface area contributed by atoms with Crippen molar-refractivity contribution < 1.29 is 9.59 Å². The van der Waals surface area contributed by atoms with Gasteiger partial charge in [-0.25, -0.2) is 9.97 Å². The van der Waals surface area contributed by atoms with Gasteiger partial charge in [0, 0.05) is 11.8 Å². The van der Waals surface area contributed by atoms with E-state index in [0.717, 1.165) is 5.69 Å². The van der Waals surface area contributed by atoms with E-state index in [0.29, 0.717) is 18.2 Å². The Kier molecular flexibility index (Phi) is 3.01. The Morgan fingerprint density at radius 3 is 2.59 bits per heavy atom. The number of nitrogen functional groups attached to an aromatic ring is 1. The molecule has 7 heteroatoms. The van der Waals surface area contributed by atoms with Crippen molar-refractivity contribution in [3.05, 3.63) is 17.6 Å². The predicted molar refractivity (Wildman–Crippen MR) is 59.6 cm³/mol. The van der Waals surface area contributed by atoms with Gasteiger partial charge in [-0.1, -0.05) is 0 Å². The highest BCUT2D eigenvalue weighted by molar-refractivity contribution is 5.99. The van der Waals surface area contributed by atoms with E-state index in [9.17, 15) is 9.59 Å². The van der Waals surface area contributed by atoms with E-state index in [1.54, 1.807) is 11.0 Å². The number of aryl methyl sites for hydroxylation is 1. The number of aromatic nitrogens is 2. The molecular weight excluding hydrogens is 222 g/mol. The highest BCUT2D eigenvalue weighted by Crippen LogP contribution is 2.06. The third-order valence-electron chi connectivity index (χ3n) is 2.30. The second kappa shape index (κ2) is 4.46. The minimum absolute atomic E-state index is 0.170. The average molecular weight is 235 g/mol. The number of rotatable bonds is 2. The Labute approximate surface area is 98.0 Å². The van der Waals surface area contributed by atoms with Crippen LogP contribution >= 0.6 is 0 Å². The zero-order chi connectivity index (χ0) is 12.4. The van der Waals surface area contributed by atoms with E-state index >= 15 is 0 Å². The normalized spacial score (nSPS) is 17.0. The Morgan fingerprint density at radius 2 is 2.00 bits per heavy atom. The number of nitrogens with zero attached hydrogens (tertiary/aromatic N) is 3. The lowest BCUT2D eigenvalue weighted by atomic mass is 10.3. The minimum Gasteiger partial charge on any atom is -0.384 e. The second-order valence-electron chi connectivity index (χ2n) is 3.97. The number of nitrogens with two attached hydrogens (primary N) is 1. The number of nitrogens with one attached hydrogen (secondary N) is 1. The fourth-order valence-electron chi connectivity index (χ4n) is 1.74. The van der Waals surface area contributed by atoms with E-state index < -0.39 is 0 Å². The third-order valence-corrected chi connectivity index (χ3v) is 2.30. The molecule has 7 nitrogen and oxygen atoms in total. The van der Waals surface area contributed by atoms with Gasteiger partial charge in [0.05, 0.1) is 19.6 Å². The first-order valence-electron chi connectivity index (χ1n) is 5.18. The number of anilines is 1. The van der Waals surface area contributed by atoms with Crippen molar-refractivity contribution in [3.8, 4) is 0 Å². The monoisotopic (exact) mass is 235 g/mol. The lowest BCUT2D eigenvalue weighted by Gasteiger charge is -2.24. The van der Waals surface area contributed by atoms with E-state index in [-0.39, 0.29) is 24.9 Å². The van der Waals surface area contributed by atoms with Crippen molar-refractivity contribution in [3.63, 3.8) is 0 Å². The van der Waals surface area contributed by atoms with Crippen molar-refractivity contribution in [2.45, 2.75) is 13.5 Å². The Bertz CT molecular complexity index is 438. The number of carbonyl (C=O) groups excluding carboxylic acids is 2. The van der Waals surface area contributed by atoms with E-state index in [1.807, 2.05) is 6.92 Å². The van der Waals surface area contributed by atoms with E-state index in [2.05, 4.69) is 15.3 Å². The summed E-state index contributed by atoms with van der Waals surface area (Å²) in [5.41, 5.74) is 6.37. The van der Waals surface area contributed by atoms with Crippen LogP contribution in [0.5, 0.6) is 0 Å². The van der Waals surface area contributed by atoms with Crippen LogP contribution in [-0.4, -0.2) is 39.8 Å². The molecule has 1 aliphatic heterocycles. The number of amides is 2. The van der Waals surface area contributed by atoms with Crippen LogP contribution in [0.2, 0.25) is 0 Å². The standard InChI is InChI=1S/C10H13N5O2/c1-6-2-7(11)13-8(12-6)3-15-4-9(16)14-10(17)5-15/h2H,3-5H2,1H3,(H2,11,12,13)(H,14,16,17). The van der Waals surface area contributed by atoms with Crippen LogP contribution in [0.3, 0.4) is 0 Å². The van der Waals surface area contributed by atoms with Crippen LogP contribution < -0.4 is 11.1 Å². The summed E-state index contributed by atoms with van der Waals surface area (Å²) in [5.74, 6) is 0.300. The Balaban J connectivity index is 2.09. The maximum Gasteiger partial charge on any atom is 0.240 e. The molecule has 1 saturated heterocycles. The second-order valence-corrected chi connectivity index (χ2v) is 3.97. The summed E-state index contributed by atoms with van der Waals surface area (Å²) < 4.78 is 0. The molecule has 0 radical (unpaired) electrons. The molecule has 0 spiro atoms. The largest absolute Gasteiger partial charge is 0.384 e. The van der Waals surface area contributed by atoms with Crippen molar-refractivity contribution in [2.75, 3.05) is 18.8 Å². The van der Waals surface area contributed by atoms with Crippen LogP contribution in [-0.2, 0) is 16.1 Å². The summed E-state index contributed by atoms with van der Waals surface area (Å²) in [5, 5.41) is 2.23. The molecule has 2 heterocycles. The van der Waals surface area contributed by atoms with Gasteiger partial charge < -0.3 is 5.73 Å². The number of hydrogen-bond acceptors (Lipinski definition) is 6. The summed E-state index contributed by atoms with van der Waals surface area (Å²) in [4.78, 5) is 32.3. The van der Waals surface area contributed by atoms with E-state index in [4.69, 9.17) is 5.73 Å². The van der Waals surface area contributed by atoms with Gasteiger partial charge >= 0.3 is 0 Å². The summed E-state index contributed by atoms with van der Waals surface area (Å²) in [6.07, 6.45) is 0. The van der Waals surface area contributed by atoms with Gasteiger partial charge in [-0.3, -0.25) is 19.8 Å². The Morgan fingerprint density at radius 1 is 1.35 bits per heavy atom. The molecule has 0 aromatic carbocycles. The van der Waals surface area contributed by atoms with Gasteiger partial charge in [0.25, 0.3) is 0 Å². The molecule has 0 bridgehead atoms. The van der Waals surface area contributed by atoms with Gasteiger partial charge in [-0.15, -0.1) is 0 Å². The van der Waals surface area contributed by atoms with Gasteiger partial charge in [0.1, 0.15) is 11.6 Å². The zero-order valence-corrected chi connectivity index (χ0v) is 9.43. The smallest absolute Gasteiger partial charge is 0.240 e. The fourth-order valence-corrected chi connectivity index (χ4v) is 1.74. The van der Waals surface area contributed by atoms with Gasteiger partial charge in [-0.2, -0.15) is 0 Å². The van der Waals surface area contributed by atoms with Crippen LogP contribution in [0.4, 0.5) is 5.82 Å². The summed E-state index contributed by atoms with van der Waals surface area (Å²) in [6.45, 7) is 2.49. The SMILES string of the molecule is Cc1cc(N)nc(CN2CC(=O)NC(=O)C2)n1. The molecule has 3 N–H and O–H groups in total. The maximum atomic E-state index is 11.2. The van der Waals surface area contributed by atoms with Crippen LogP contribution in [0.15, 0.2) is 6.07 Å². The molecule has 2 rings (SSSR count). The number of carbonyl (C=O) groups is 2. The molecule has 0 aliphatic carbocycles. The molecule has 17 heavy (non-hydrogen) atoms. The van der Waals surface area contributed by atoms with Crippen molar-refractivity contribution in [2.24, 2.45) is 0 Å². The first-order valence-corrected chi connectivity index (χ1v) is 5.18. The van der Waals surface area contributed by atoms with Crippen LogP contribution in [0.25, 0.3) is 0 Å². The van der Waals surface area contributed by atoms with Crippen molar-refractivity contribution in [1.29, 1.82) is 0 Å². The van der Waals surface area contributed by atoms with Crippen molar-refractivity contribution >= 4 is 17.6 Å². The molecule has 0 atom stereocenters. The zero-order valence-electron chi connectivity index (χ0n) is 9.43. The molecule has 1 fully saturated rings. The quantitative estimate of drug-likeness (QED) is 0.626. The predicted octanol–water partition coefficient (Wildman–Crippen LogP) is -1.17. The average Bonchev–Trinajstić information content (AvgIpc) is 2.13. The molecular formula is C10H13N5O2. The Hall–Kier alpha value is -2.02. The third kappa shape index (κ3) is 2.97. The van der Waals surface area contributed by atoms with Gasteiger partial charge in [0.2, 0.25) is 11.8 Å². The molecule has 0 saturated carbocycles. The fraction of sp³-hybridized carbons (Fsp3) is 0.400. The van der Waals surface area contributed by atoms with Crippen LogP contribution in [0.1, 0.15) is 11.5 Å². The highest BCUT2D eigenvalue weighted by Gasteiger charge is 2.23. The number of imide groups is 1. The van der Waals surface area contributed by atoms with Gasteiger partial charge in [0.15, 0.2) is 0 Å². The molecule has 1 aliphatic rings. The van der Waals surface area contributed by atoms with E-state index in [1.165, 1.54) is 0 Å². The number of hydrogen-bond donors (Lipinski definition) is 2. The molecule has 2 amide bonds. The lowest BCUT2D eigenvalue weighted by Crippen LogP contribution is -2.51. The first kappa shape index (κ1) is 11.5. The summed E-state index contributed by atoms with van der Waals surface area (Å²) in [7, 11) is 0. The minimum atomic E-state index is -0.304.